The Hall–Kier alpha value is -2.00. The van der Waals surface area contributed by atoms with Crippen LogP contribution < -0.4 is 9.80 Å². The predicted molar refractivity (Wildman–Crippen MR) is 97.0 cm³/mol. The van der Waals surface area contributed by atoms with E-state index >= 15 is 0 Å². The van der Waals surface area contributed by atoms with Gasteiger partial charge in [0.1, 0.15) is 0 Å². The molecule has 1 amide bonds. The summed E-state index contributed by atoms with van der Waals surface area (Å²) in [6.07, 6.45) is 6.48. The molecule has 4 heterocycles. The smallest absolute Gasteiger partial charge is 0.227 e. The maximum Gasteiger partial charge on any atom is 0.227 e. The van der Waals surface area contributed by atoms with E-state index in [9.17, 15) is 4.79 Å². The molecule has 2 aliphatic rings. The Morgan fingerprint density at radius 2 is 2.24 bits per heavy atom. The molecule has 25 heavy (non-hydrogen) atoms. The van der Waals surface area contributed by atoms with E-state index < -0.39 is 0 Å². The first-order valence-corrected chi connectivity index (χ1v) is 9.44. The van der Waals surface area contributed by atoms with E-state index in [4.69, 9.17) is 0 Å². The first kappa shape index (κ1) is 16.5. The molecule has 2 fully saturated rings. The van der Waals surface area contributed by atoms with E-state index in [0.717, 1.165) is 55.7 Å². The summed E-state index contributed by atoms with van der Waals surface area (Å²) in [5.74, 6) is 1.09. The van der Waals surface area contributed by atoms with Crippen molar-refractivity contribution in [2.75, 3.05) is 43.5 Å². The summed E-state index contributed by atoms with van der Waals surface area (Å²) >= 11 is 1.44. The quantitative estimate of drug-likeness (QED) is 0.801. The molecule has 8 nitrogen and oxygen atoms in total. The fourth-order valence-corrected chi connectivity index (χ4v) is 4.05. The molecule has 0 radical (unpaired) electrons. The third kappa shape index (κ3) is 3.38. The van der Waals surface area contributed by atoms with Gasteiger partial charge in [-0.2, -0.15) is 9.47 Å². The lowest BCUT2D eigenvalue weighted by molar-refractivity contribution is -0.117. The number of aromatic nitrogens is 4. The normalized spacial score (nSPS) is 21.4. The number of hydrogen-bond acceptors (Lipinski definition) is 7. The van der Waals surface area contributed by atoms with E-state index in [1.54, 1.807) is 0 Å². The van der Waals surface area contributed by atoms with Crippen molar-refractivity contribution in [2.45, 2.75) is 31.8 Å². The average Bonchev–Trinajstić information content (AvgIpc) is 3.33. The molecule has 0 saturated carbocycles. The molecule has 9 heteroatoms. The largest absolute Gasteiger partial charge is 0.353 e. The lowest BCUT2D eigenvalue weighted by Crippen LogP contribution is -2.23. The molecule has 0 aromatic carbocycles. The van der Waals surface area contributed by atoms with Crippen molar-refractivity contribution in [3.8, 4) is 0 Å². The van der Waals surface area contributed by atoms with Gasteiger partial charge in [-0.1, -0.05) is 0 Å². The van der Waals surface area contributed by atoms with Crippen LogP contribution in [0.2, 0.25) is 0 Å². The lowest BCUT2D eigenvalue weighted by Gasteiger charge is -2.15. The van der Waals surface area contributed by atoms with Crippen LogP contribution in [-0.4, -0.2) is 63.7 Å². The maximum atomic E-state index is 11.9. The van der Waals surface area contributed by atoms with Gasteiger partial charge >= 0.3 is 0 Å². The van der Waals surface area contributed by atoms with E-state index in [1.165, 1.54) is 11.5 Å². The summed E-state index contributed by atoms with van der Waals surface area (Å²) in [5.41, 5.74) is 0.928. The van der Waals surface area contributed by atoms with Gasteiger partial charge in [0.05, 0.1) is 24.5 Å². The predicted octanol–water partition coefficient (Wildman–Crippen LogP) is 1.37. The second-order valence-electron chi connectivity index (χ2n) is 6.89. The minimum atomic E-state index is 0.207. The van der Waals surface area contributed by atoms with Crippen molar-refractivity contribution in [1.29, 1.82) is 0 Å². The van der Waals surface area contributed by atoms with E-state index in [2.05, 4.69) is 19.4 Å². The molecule has 0 N–H and O–H groups in total. The Kier molecular flexibility index (Phi) is 4.43. The van der Waals surface area contributed by atoms with Crippen LogP contribution >= 0.6 is 11.5 Å². The Bertz CT molecular complexity index is 755. The molecule has 1 atom stereocenters. The second-order valence-corrected chi connectivity index (χ2v) is 7.62. The topological polar surface area (TPSA) is 70.4 Å². The van der Waals surface area contributed by atoms with Crippen molar-refractivity contribution in [2.24, 2.45) is 0 Å². The van der Waals surface area contributed by atoms with Gasteiger partial charge in [0, 0.05) is 57.9 Å². The Morgan fingerprint density at radius 1 is 1.36 bits per heavy atom. The minimum Gasteiger partial charge on any atom is -0.353 e. The molecule has 134 valence electrons. The summed E-state index contributed by atoms with van der Waals surface area (Å²) in [7, 11) is 3.97. The molecule has 0 aliphatic carbocycles. The third-order valence-corrected chi connectivity index (χ3v) is 5.72. The number of carbonyl (C=O) groups excluding carboxylic acids is 1. The van der Waals surface area contributed by atoms with Crippen molar-refractivity contribution in [1.82, 2.24) is 24.0 Å². The van der Waals surface area contributed by atoms with Crippen LogP contribution in [-0.2, 0) is 11.3 Å². The summed E-state index contributed by atoms with van der Waals surface area (Å²) < 4.78 is 6.46. The van der Waals surface area contributed by atoms with Crippen LogP contribution in [0.1, 0.15) is 31.1 Å². The molecule has 2 aromatic rings. The molecular formula is C16H23N7OS. The van der Waals surface area contributed by atoms with Crippen molar-refractivity contribution >= 4 is 28.3 Å². The first-order valence-electron chi connectivity index (χ1n) is 8.67. The van der Waals surface area contributed by atoms with Gasteiger partial charge in [-0.3, -0.25) is 14.4 Å². The number of hydrogen-bond donors (Lipinski definition) is 0. The number of anilines is 2. The van der Waals surface area contributed by atoms with Crippen molar-refractivity contribution in [3.05, 3.63) is 18.2 Å². The summed E-state index contributed by atoms with van der Waals surface area (Å²) in [4.78, 5) is 22.6. The summed E-state index contributed by atoms with van der Waals surface area (Å²) in [6, 6.07) is 0.346. The summed E-state index contributed by atoms with van der Waals surface area (Å²) in [6.45, 7) is 3.54. The maximum absolute atomic E-state index is 11.9. The van der Waals surface area contributed by atoms with Gasteiger partial charge in [-0.15, -0.1) is 0 Å². The molecule has 2 saturated heterocycles. The van der Waals surface area contributed by atoms with Crippen LogP contribution in [0.3, 0.4) is 0 Å². The highest BCUT2D eigenvalue weighted by Gasteiger charge is 2.28. The van der Waals surface area contributed by atoms with E-state index in [1.807, 2.05) is 41.0 Å². The monoisotopic (exact) mass is 361 g/mol. The number of likely N-dealkylation sites (tertiary alicyclic amines) is 1. The van der Waals surface area contributed by atoms with Gasteiger partial charge in [-0.05, 0) is 12.8 Å². The van der Waals surface area contributed by atoms with Gasteiger partial charge in [0.25, 0.3) is 0 Å². The lowest BCUT2D eigenvalue weighted by atomic mass is 10.3. The van der Waals surface area contributed by atoms with Gasteiger partial charge < -0.3 is 9.80 Å². The van der Waals surface area contributed by atoms with Crippen molar-refractivity contribution in [3.63, 3.8) is 0 Å². The highest BCUT2D eigenvalue weighted by molar-refractivity contribution is 7.09. The molecular weight excluding hydrogens is 338 g/mol. The zero-order valence-electron chi connectivity index (χ0n) is 14.6. The molecule has 2 aromatic heterocycles. The molecule has 2 aliphatic heterocycles. The molecule has 0 spiro atoms. The van der Waals surface area contributed by atoms with Gasteiger partial charge in [0.2, 0.25) is 11.0 Å². The number of amides is 1. The van der Waals surface area contributed by atoms with Crippen LogP contribution in [0.5, 0.6) is 0 Å². The zero-order valence-corrected chi connectivity index (χ0v) is 15.4. The number of rotatable bonds is 5. The summed E-state index contributed by atoms with van der Waals surface area (Å²) in [5, 5.41) is 5.45. The first-order chi connectivity index (χ1) is 12.1. The zero-order chi connectivity index (χ0) is 17.4. The minimum absolute atomic E-state index is 0.207. The third-order valence-electron chi connectivity index (χ3n) is 4.80. The van der Waals surface area contributed by atoms with Crippen LogP contribution in [0.15, 0.2) is 12.4 Å². The van der Waals surface area contributed by atoms with Crippen LogP contribution in [0.25, 0.3) is 0 Å². The highest BCUT2D eigenvalue weighted by atomic mass is 32.1. The van der Waals surface area contributed by atoms with Crippen molar-refractivity contribution < 1.29 is 4.79 Å². The second kappa shape index (κ2) is 6.72. The SMILES string of the molecule is CN(C)c1nc(CN2CCC(n3cc(N4CCCC4=O)cn3)C2)ns1. The average molecular weight is 361 g/mol. The van der Waals surface area contributed by atoms with Crippen LogP contribution in [0, 0.1) is 0 Å². The van der Waals surface area contributed by atoms with Gasteiger partial charge in [0.15, 0.2) is 5.82 Å². The molecule has 0 bridgehead atoms. The number of carbonyl (C=O) groups is 1. The molecule has 1 unspecified atom stereocenters. The highest BCUT2D eigenvalue weighted by Crippen LogP contribution is 2.26. The fourth-order valence-electron chi connectivity index (χ4n) is 3.45. The Balaban J connectivity index is 1.37. The van der Waals surface area contributed by atoms with Gasteiger partial charge in [-0.25, -0.2) is 4.98 Å². The molecule has 4 rings (SSSR count). The fraction of sp³-hybridized carbons (Fsp3) is 0.625. The van der Waals surface area contributed by atoms with E-state index in [0.29, 0.717) is 12.5 Å². The Morgan fingerprint density at radius 3 is 2.96 bits per heavy atom. The number of nitrogens with zero attached hydrogens (tertiary/aromatic N) is 7. The van der Waals surface area contributed by atoms with Crippen LogP contribution in [0.4, 0.5) is 10.8 Å². The standard InChI is InChI=1S/C16H23N7OS/c1-20(2)16-18-14(19-25-16)11-21-7-5-12(9-21)23-10-13(8-17-23)22-6-3-4-15(22)24/h8,10,12H,3-7,9,11H2,1-2H3. The van der Waals surface area contributed by atoms with E-state index in [-0.39, 0.29) is 5.91 Å². The Labute approximate surface area is 151 Å².